The van der Waals surface area contributed by atoms with Crippen molar-refractivity contribution in [2.75, 3.05) is 25.0 Å². The third kappa shape index (κ3) is 7.95. The molecule has 0 spiro atoms. The van der Waals surface area contributed by atoms with E-state index in [1.165, 1.54) is 34.1 Å². The lowest BCUT2D eigenvalue weighted by Crippen LogP contribution is -2.61. The Morgan fingerprint density at radius 1 is 0.875 bits per heavy atom. The molecule has 0 radical (unpaired) electrons. The van der Waals surface area contributed by atoms with Crippen LogP contribution < -0.4 is 10.1 Å². The van der Waals surface area contributed by atoms with Crippen LogP contribution in [0.2, 0.25) is 0 Å². The minimum absolute atomic E-state index is 0.0650. The largest absolute Gasteiger partial charge is 0.457 e. The number of ether oxygens (including phenoxy) is 3. The summed E-state index contributed by atoms with van der Waals surface area (Å²) < 4.78 is 29.8. The second-order valence-electron chi connectivity index (χ2n) is 10.2. The highest BCUT2D eigenvalue weighted by atomic mass is 19.1. The van der Waals surface area contributed by atoms with Crippen LogP contribution in [0.4, 0.5) is 19.7 Å². The first-order valence-electron chi connectivity index (χ1n) is 12.9. The molecule has 3 amide bonds. The molecule has 1 saturated heterocycles. The minimum Gasteiger partial charge on any atom is -0.457 e. The highest BCUT2D eigenvalue weighted by Gasteiger charge is 2.39. The molecule has 1 N–H and O–H groups in total. The Balaban J connectivity index is 1.43. The van der Waals surface area contributed by atoms with Gasteiger partial charge in [-0.05, 0) is 74.9 Å². The van der Waals surface area contributed by atoms with Crippen molar-refractivity contribution in [1.82, 2.24) is 9.80 Å². The van der Waals surface area contributed by atoms with Gasteiger partial charge in [-0.2, -0.15) is 0 Å². The number of hydrogen-bond acceptors (Lipinski definition) is 6. The number of amides is 3. The van der Waals surface area contributed by atoms with Crippen molar-refractivity contribution in [2.24, 2.45) is 0 Å². The highest BCUT2D eigenvalue weighted by Crippen LogP contribution is 2.24. The van der Waals surface area contributed by atoms with Crippen molar-refractivity contribution in [3.05, 3.63) is 90.2 Å². The van der Waals surface area contributed by atoms with Crippen molar-refractivity contribution in [3.8, 4) is 11.5 Å². The first-order valence-corrected chi connectivity index (χ1v) is 12.9. The lowest BCUT2D eigenvalue weighted by atomic mass is 10.1. The van der Waals surface area contributed by atoms with Crippen molar-refractivity contribution in [1.29, 1.82) is 0 Å². The van der Waals surface area contributed by atoms with E-state index < -0.39 is 29.7 Å². The molecule has 1 heterocycles. The molecule has 210 valence electrons. The predicted molar refractivity (Wildman–Crippen MR) is 146 cm³/mol. The molecule has 0 bridgehead atoms. The summed E-state index contributed by atoms with van der Waals surface area (Å²) in [5.74, 6) is 0.104. The van der Waals surface area contributed by atoms with Gasteiger partial charge in [0.2, 0.25) is 5.91 Å². The van der Waals surface area contributed by atoms with Crippen LogP contribution in [-0.2, 0) is 20.9 Å². The van der Waals surface area contributed by atoms with E-state index in [2.05, 4.69) is 5.32 Å². The van der Waals surface area contributed by atoms with Gasteiger partial charge in [0.1, 0.15) is 35.6 Å². The molecule has 0 saturated carbocycles. The van der Waals surface area contributed by atoms with Gasteiger partial charge in [0.15, 0.2) is 0 Å². The van der Waals surface area contributed by atoms with Gasteiger partial charge in [-0.25, -0.2) is 14.0 Å². The topological polar surface area (TPSA) is 97.4 Å². The van der Waals surface area contributed by atoms with Crippen LogP contribution >= 0.6 is 0 Å². The smallest absolute Gasteiger partial charge is 0.411 e. The van der Waals surface area contributed by atoms with E-state index in [1.54, 1.807) is 45.0 Å². The average Bonchev–Trinajstić information content (AvgIpc) is 2.93. The summed E-state index contributed by atoms with van der Waals surface area (Å²) in [6.45, 7) is 5.54. The summed E-state index contributed by atoms with van der Waals surface area (Å²) in [5, 5.41) is 2.80. The molecule has 1 aliphatic rings. The van der Waals surface area contributed by atoms with Gasteiger partial charge in [-0.1, -0.05) is 30.3 Å². The Morgan fingerprint density at radius 3 is 2.12 bits per heavy atom. The molecule has 0 unspecified atom stereocenters. The van der Waals surface area contributed by atoms with Crippen LogP contribution in [0.25, 0.3) is 0 Å². The van der Waals surface area contributed by atoms with Gasteiger partial charge in [0.25, 0.3) is 0 Å². The molecule has 10 heteroatoms. The maximum atomic E-state index is 13.4. The van der Waals surface area contributed by atoms with Crippen LogP contribution in [0.3, 0.4) is 0 Å². The van der Waals surface area contributed by atoms with E-state index in [-0.39, 0.29) is 32.1 Å². The first-order chi connectivity index (χ1) is 19.1. The lowest BCUT2D eigenvalue weighted by Gasteiger charge is -2.40. The molecule has 0 aromatic heterocycles. The number of halogens is 1. The van der Waals surface area contributed by atoms with E-state index in [1.807, 2.05) is 30.3 Å². The normalized spacial score (nSPS) is 15.2. The zero-order valence-corrected chi connectivity index (χ0v) is 22.6. The van der Waals surface area contributed by atoms with Crippen LogP contribution in [0.1, 0.15) is 26.3 Å². The third-order valence-corrected chi connectivity index (χ3v) is 5.95. The van der Waals surface area contributed by atoms with Crippen LogP contribution in [-0.4, -0.2) is 59.2 Å². The maximum absolute atomic E-state index is 13.4. The number of rotatable bonds is 6. The van der Waals surface area contributed by atoms with Crippen molar-refractivity contribution in [2.45, 2.75) is 39.0 Å². The van der Waals surface area contributed by atoms with Crippen LogP contribution in [0, 0.1) is 5.82 Å². The van der Waals surface area contributed by atoms with E-state index in [0.717, 1.165) is 5.56 Å². The van der Waals surface area contributed by atoms with Gasteiger partial charge in [-0.15, -0.1) is 0 Å². The number of nitrogens with zero attached hydrogens (tertiary/aromatic N) is 2. The van der Waals surface area contributed by atoms with Gasteiger partial charge < -0.3 is 24.4 Å². The number of anilines is 1. The fourth-order valence-electron chi connectivity index (χ4n) is 3.99. The lowest BCUT2D eigenvalue weighted by molar-refractivity contribution is -0.123. The Labute approximate surface area is 232 Å². The Bertz CT molecular complexity index is 1310. The average molecular weight is 550 g/mol. The standard InChI is InChI=1S/C30H32FN3O6/c1-30(2,3)40-29(37)34-18-17-33(28(36)38-20-21-7-5-4-6-8-21)19-26(34)27(35)32-23-11-15-25(16-12-23)39-24-13-9-22(31)10-14-24/h4-16,26H,17-20H2,1-3H3,(H,32,35)/t26-/m0/s1. The molecular formula is C30H32FN3O6. The second-order valence-corrected chi connectivity index (χ2v) is 10.2. The number of carbonyl (C=O) groups excluding carboxylic acids is 3. The molecular weight excluding hydrogens is 517 g/mol. The van der Waals surface area contributed by atoms with Crippen LogP contribution in [0.15, 0.2) is 78.9 Å². The Hall–Kier alpha value is -4.60. The zero-order valence-electron chi connectivity index (χ0n) is 22.6. The predicted octanol–water partition coefficient (Wildman–Crippen LogP) is 5.81. The summed E-state index contributed by atoms with van der Waals surface area (Å²) in [4.78, 5) is 41.9. The molecule has 3 aromatic rings. The van der Waals surface area contributed by atoms with Gasteiger partial charge in [-0.3, -0.25) is 9.69 Å². The molecule has 9 nitrogen and oxygen atoms in total. The van der Waals surface area contributed by atoms with Crippen molar-refractivity contribution < 1.29 is 33.0 Å². The first kappa shape index (κ1) is 28.4. The third-order valence-electron chi connectivity index (χ3n) is 5.95. The summed E-state index contributed by atoms with van der Waals surface area (Å²) in [6, 6.07) is 20.5. The molecule has 3 aromatic carbocycles. The Kier molecular flexibility index (Phi) is 8.88. The van der Waals surface area contributed by atoms with E-state index in [4.69, 9.17) is 14.2 Å². The summed E-state index contributed by atoms with van der Waals surface area (Å²) in [7, 11) is 0. The van der Waals surface area contributed by atoms with Crippen molar-refractivity contribution >= 4 is 23.8 Å². The number of carbonyl (C=O) groups is 3. The van der Waals surface area contributed by atoms with E-state index in [0.29, 0.717) is 17.2 Å². The maximum Gasteiger partial charge on any atom is 0.411 e. The van der Waals surface area contributed by atoms with E-state index >= 15 is 0 Å². The molecule has 0 aliphatic carbocycles. The van der Waals surface area contributed by atoms with Crippen molar-refractivity contribution in [3.63, 3.8) is 0 Å². The SMILES string of the molecule is CC(C)(C)OC(=O)N1CCN(C(=O)OCc2ccccc2)C[C@H]1C(=O)Nc1ccc(Oc2ccc(F)cc2)cc1. The highest BCUT2D eigenvalue weighted by molar-refractivity contribution is 5.97. The van der Waals surface area contributed by atoms with Gasteiger partial charge in [0.05, 0.1) is 6.54 Å². The summed E-state index contributed by atoms with van der Waals surface area (Å²) in [6.07, 6.45) is -1.22. The number of benzene rings is 3. The van der Waals surface area contributed by atoms with Gasteiger partial charge in [0, 0.05) is 18.8 Å². The molecule has 1 fully saturated rings. The zero-order chi connectivity index (χ0) is 28.7. The quantitative estimate of drug-likeness (QED) is 0.417. The van der Waals surface area contributed by atoms with Crippen LogP contribution in [0.5, 0.6) is 11.5 Å². The monoisotopic (exact) mass is 549 g/mol. The fourth-order valence-corrected chi connectivity index (χ4v) is 3.99. The molecule has 40 heavy (non-hydrogen) atoms. The molecule has 1 aliphatic heterocycles. The summed E-state index contributed by atoms with van der Waals surface area (Å²) >= 11 is 0. The second kappa shape index (κ2) is 12.5. The number of nitrogens with one attached hydrogen (secondary N) is 1. The summed E-state index contributed by atoms with van der Waals surface area (Å²) in [5.41, 5.74) is 0.540. The van der Waals surface area contributed by atoms with E-state index in [9.17, 15) is 18.8 Å². The molecule has 4 rings (SSSR count). The number of hydrogen-bond donors (Lipinski definition) is 1. The number of piperazine rings is 1. The Morgan fingerprint density at radius 2 is 1.50 bits per heavy atom. The minimum atomic E-state index is -1.01. The molecule has 1 atom stereocenters. The van der Waals surface area contributed by atoms with Gasteiger partial charge >= 0.3 is 12.2 Å². The fraction of sp³-hybridized carbons (Fsp3) is 0.300.